The van der Waals surface area contributed by atoms with Crippen LogP contribution in [0.4, 0.5) is 0 Å². The predicted molar refractivity (Wildman–Crippen MR) is 131 cm³/mol. The number of halogens is 1. The van der Waals surface area contributed by atoms with Gasteiger partial charge < -0.3 is 15.5 Å². The number of hydrogen-bond acceptors (Lipinski definition) is 3. The van der Waals surface area contributed by atoms with Crippen molar-refractivity contribution in [2.24, 2.45) is 22.7 Å². The summed E-state index contributed by atoms with van der Waals surface area (Å²) in [4.78, 5) is 21.3. The van der Waals surface area contributed by atoms with Crippen LogP contribution in [0.2, 0.25) is 0 Å². The number of piperazine rings is 1. The van der Waals surface area contributed by atoms with E-state index in [1.165, 1.54) is 32.1 Å². The van der Waals surface area contributed by atoms with Gasteiger partial charge in [-0.3, -0.25) is 14.7 Å². The van der Waals surface area contributed by atoms with Crippen LogP contribution in [0.15, 0.2) is 4.99 Å². The number of carbonyl (C=O) groups is 1. The van der Waals surface area contributed by atoms with E-state index in [0.29, 0.717) is 17.9 Å². The van der Waals surface area contributed by atoms with Crippen molar-refractivity contribution in [3.05, 3.63) is 0 Å². The lowest BCUT2D eigenvalue weighted by atomic mass is 9.80. The Morgan fingerprint density at radius 3 is 2.21 bits per heavy atom. The second kappa shape index (κ2) is 12.3. The highest BCUT2D eigenvalue weighted by Crippen LogP contribution is 2.30. The number of amides is 1. The van der Waals surface area contributed by atoms with Crippen LogP contribution >= 0.6 is 24.0 Å². The zero-order chi connectivity index (χ0) is 19.9. The third-order valence-electron chi connectivity index (χ3n) is 7.14. The molecule has 2 saturated carbocycles. The molecule has 0 atom stereocenters. The van der Waals surface area contributed by atoms with E-state index >= 15 is 0 Å². The molecule has 1 aliphatic heterocycles. The summed E-state index contributed by atoms with van der Waals surface area (Å²) in [6.07, 6.45) is 8.60. The molecule has 2 aliphatic carbocycles. The van der Waals surface area contributed by atoms with Gasteiger partial charge in [-0.2, -0.15) is 0 Å². The Balaban J connectivity index is 0.00000300. The molecule has 0 radical (unpaired) electrons. The molecule has 1 heterocycles. The molecule has 168 valence electrons. The first-order valence-electron chi connectivity index (χ1n) is 11.5. The lowest BCUT2D eigenvalue weighted by molar-refractivity contribution is -0.139. The summed E-state index contributed by atoms with van der Waals surface area (Å²) >= 11 is 0. The van der Waals surface area contributed by atoms with Gasteiger partial charge in [0.05, 0.1) is 0 Å². The van der Waals surface area contributed by atoms with Crippen molar-refractivity contribution in [1.82, 2.24) is 20.4 Å². The third kappa shape index (κ3) is 7.26. The first kappa shape index (κ1) is 24.7. The largest absolute Gasteiger partial charge is 0.355 e. The molecule has 0 aromatic heterocycles. The molecule has 6 nitrogen and oxygen atoms in total. The number of rotatable bonds is 6. The maximum absolute atomic E-state index is 12.3. The molecule has 0 bridgehead atoms. The van der Waals surface area contributed by atoms with Crippen LogP contribution in [-0.4, -0.2) is 74.0 Å². The highest BCUT2D eigenvalue weighted by atomic mass is 127. The molecule has 2 N–H and O–H groups in total. The van der Waals surface area contributed by atoms with Crippen molar-refractivity contribution < 1.29 is 4.79 Å². The Hall–Kier alpha value is -0.570. The van der Waals surface area contributed by atoms with Gasteiger partial charge >= 0.3 is 0 Å². The first-order valence-corrected chi connectivity index (χ1v) is 11.5. The van der Waals surface area contributed by atoms with Crippen LogP contribution in [0.1, 0.15) is 58.8 Å². The van der Waals surface area contributed by atoms with Gasteiger partial charge in [0, 0.05) is 58.3 Å². The number of aliphatic imine (C=N–C) groups is 1. The molecule has 7 heteroatoms. The minimum absolute atomic E-state index is 0. The Morgan fingerprint density at radius 1 is 1.03 bits per heavy atom. The van der Waals surface area contributed by atoms with E-state index in [-0.39, 0.29) is 24.0 Å². The minimum Gasteiger partial charge on any atom is -0.355 e. The summed E-state index contributed by atoms with van der Waals surface area (Å²) in [6.45, 7) is 10.4. The molecular weight excluding hydrogens is 477 g/mol. The van der Waals surface area contributed by atoms with E-state index in [4.69, 9.17) is 0 Å². The van der Waals surface area contributed by atoms with Crippen LogP contribution in [0, 0.1) is 17.8 Å². The van der Waals surface area contributed by atoms with E-state index in [1.54, 1.807) is 0 Å². The van der Waals surface area contributed by atoms with Crippen LogP contribution in [0.3, 0.4) is 0 Å². The molecule has 0 aromatic rings. The molecule has 0 unspecified atom stereocenters. The van der Waals surface area contributed by atoms with Crippen molar-refractivity contribution in [2.75, 3.05) is 46.3 Å². The van der Waals surface area contributed by atoms with Crippen molar-refractivity contribution in [1.29, 1.82) is 0 Å². The van der Waals surface area contributed by atoms with Crippen LogP contribution in [0.5, 0.6) is 0 Å². The monoisotopic (exact) mass is 519 g/mol. The van der Waals surface area contributed by atoms with Gasteiger partial charge in [0.1, 0.15) is 0 Å². The van der Waals surface area contributed by atoms with Gasteiger partial charge in [-0.05, 0) is 50.4 Å². The SMILES string of the molecule is CN=C(NCCN1CCN(C(=O)C2CCC2)CC1)NC1CCC(C(C)C)CC1.I. The lowest BCUT2D eigenvalue weighted by Crippen LogP contribution is -2.53. The molecule has 29 heavy (non-hydrogen) atoms. The van der Waals surface area contributed by atoms with Gasteiger partial charge in [-0.15, -0.1) is 24.0 Å². The number of guanidine groups is 1. The summed E-state index contributed by atoms with van der Waals surface area (Å²) < 4.78 is 0. The Morgan fingerprint density at radius 2 is 1.69 bits per heavy atom. The highest BCUT2D eigenvalue weighted by molar-refractivity contribution is 14.0. The molecule has 3 rings (SSSR count). The van der Waals surface area contributed by atoms with Gasteiger partial charge in [0.25, 0.3) is 0 Å². The van der Waals surface area contributed by atoms with E-state index in [0.717, 1.165) is 69.9 Å². The predicted octanol–water partition coefficient (Wildman–Crippen LogP) is 2.93. The number of nitrogens with zero attached hydrogens (tertiary/aromatic N) is 3. The van der Waals surface area contributed by atoms with E-state index in [2.05, 4.69) is 39.3 Å². The Labute approximate surface area is 194 Å². The number of hydrogen-bond donors (Lipinski definition) is 2. The normalized spacial score (nSPS) is 26.6. The summed E-state index contributed by atoms with van der Waals surface area (Å²) in [5.74, 6) is 3.37. The standard InChI is InChI=1S/C22H41N5O.HI/c1-17(2)18-7-9-20(10-8-18)25-22(23-3)24-11-12-26-13-15-27(16-14-26)21(28)19-5-4-6-19;/h17-20H,4-16H2,1-3H3,(H2,23,24,25);1H. The molecule has 0 aromatic carbocycles. The highest BCUT2D eigenvalue weighted by Gasteiger charge is 2.31. The van der Waals surface area contributed by atoms with Crippen molar-refractivity contribution in [3.8, 4) is 0 Å². The summed E-state index contributed by atoms with van der Waals surface area (Å²) in [7, 11) is 1.86. The second-order valence-corrected chi connectivity index (χ2v) is 9.29. The zero-order valence-electron chi connectivity index (χ0n) is 18.7. The fourth-order valence-corrected chi connectivity index (χ4v) is 4.76. The third-order valence-corrected chi connectivity index (χ3v) is 7.14. The van der Waals surface area contributed by atoms with Crippen molar-refractivity contribution in [3.63, 3.8) is 0 Å². The van der Waals surface area contributed by atoms with Crippen molar-refractivity contribution in [2.45, 2.75) is 64.8 Å². The fourth-order valence-electron chi connectivity index (χ4n) is 4.76. The topological polar surface area (TPSA) is 60.0 Å². The molecule has 3 aliphatic rings. The average Bonchev–Trinajstić information content (AvgIpc) is 2.66. The Kier molecular flexibility index (Phi) is 10.5. The smallest absolute Gasteiger partial charge is 0.225 e. The van der Waals surface area contributed by atoms with Gasteiger partial charge in [0.15, 0.2) is 5.96 Å². The molecule has 3 fully saturated rings. The first-order chi connectivity index (χ1) is 13.6. The molecule has 1 amide bonds. The summed E-state index contributed by atoms with van der Waals surface area (Å²) in [6, 6.07) is 0.558. The fraction of sp³-hybridized carbons (Fsp3) is 0.909. The van der Waals surface area contributed by atoms with Crippen molar-refractivity contribution >= 4 is 35.8 Å². The summed E-state index contributed by atoms with van der Waals surface area (Å²) in [5, 5.41) is 7.10. The van der Waals surface area contributed by atoms with E-state index in [1.807, 2.05) is 7.05 Å². The number of carbonyl (C=O) groups excluding carboxylic acids is 1. The van der Waals surface area contributed by atoms with Crippen LogP contribution < -0.4 is 10.6 Å². The molecule has 1 saturated heterocycles. The lowest BCUT2D eigenvalue weighted by Gasteiger charge is -2.38. The van der Waals surface area contributed by atoms with Crippen LogP contribution in [-0.2, 0) is 4.79 Å². The summed E-state index contributed by atoms with van der Waals surface area (Å²) in [5.41, 5.74) is 0. The molecule has 0 spiro atoms. The maximum atomic E-state index is 12.3. The van der Waals surface area contributed by atoms with Gasteiger partial charge in [-0.1, -0.05) is 20.3 Å². The van der Waals surface area contributed by atoms with E-state index < -0.39 is 0 Å². The quantitative estimate of drug-likeness (QED) is 0.322. The minimum atomic E-state index is 0. The van der Waals surface area contributed by atoms with Crippen LogP contribution in [0.25, 0.3) is 0 Å². The molecular formula is C22H42IN5O. The second-order valence-electron chi connectivity index (χ2n) is 9.29. The Bertz CT molecular complexity index is 521. The average molecular weight is 520 g/mol. The number of nitrogens with one attached hydrogen (secondary N) is 2. The van der Waals surface area contributed by atoms with Gasteiger partial charge in [0.2, 0.25) is 5.91 Å². The van der Waals surface area contributed by atoms with E-state index in [9.17, 15) is 4.79 Å². The van der Waals surface area contributed by atoms with Gasteiger partial charge in [-0.25, -0.2) is 0 Å². The zero-order valence-corrected chi connectivity index (χ0v) is 21.0. The maximum Gasteiger partial charge on any atom is 0.225 e.